The normalized spacial score (nSPS) is 12.4. The number of hydrogen-bond donors (Lipinski definition) is 1. The number of aromatic nitrogens is 3. The van der Waals surface area contributed by atoms with Crippen molar-refractivity contribution in [3.05, 3.63) is 40.4 Å². The molecule has 6 heteroatoms. The second-order valence-corrected chi connectivity index (χ2v) is 5.29. The predicted octanol–water partition coefficient (Wildman–Crippen LogP) is 2.57. The van der Waals surface area contributed by atoms with Gasteiger partial charge >= 0.3 is 0 Å². The Kier molecular flexibility index (Phi) is 5.14. The van der Waals surface area contributed by atoms with Crippen LogP contribution < -0.4 is 10.1 Å². The lowest BCUT2D eigenvalue weighted by Gasteiger charge is -2.17. The van der Waals surface area contributed by atoms with Gasteiger partial charge in [-0.15, -0.1) is 0 Å². The van der Waals surface area contributed by atoms with E-state index in [-0.39, 0.29) is 6.04 Å². The van der Waals surface area contributed by atoms with Crippen LogP contribution in [0.25, 0.3) is 0 Å². The molecule has 2 rings (SSSR count). The fourth-order valence-corrected chi connectivity index (χ4v) is 2.74. The zero-order valence-electron chi connectivity index (χ0n) is 11.9. The summed E-state index contributed by atoms with van der Waals surface area (Å²) < 4.78 is 8.13. The third-order valence-electron chi connectivity index (χ3n) is 3.31. The van der Waals surface area contributed by atoms with Crippen LogP contribution in [0.3, 0.4) is 0 Å². The molecule has 0 fully saturated rings. The third-order valence-corrected chi connectivity index (χ3v) is 3.93. The lowest BCUT2D eigenvalue weighted by Crippen LogP contribution is -2.21. The van der Waals surface area contributed by atoms with Gasteiger partial charge in [-0.1, -0.05) is 6.07 Å². The molecule has 108 valence electrons. The highest BCUT2D eigenvalue weighted by Crippen LogP contribution is 2.29. The zero-order valence-corrected chi connectivity index (χ0v) is 13.5. The van der Waals surface area contributed by atoms with Gasteiger partial charge in [0.2, 0.25) is 0 Å². The lowest BCUT2D eigenvalue weighted by atomic mass is 10.0. The van der Waals surface area contributed by atoms with Crippen molar-refractivity contribution < 1.29 is 4.74 Å². The summed E-state index contributed by atoms with van der Waals surface area (Å²) in [6.45, 7) is 2.90. The maximum Gasteiger partial charge on any atom is 0.138 e. The first-order chi connectivity index (χ1) is 9.69. The Morgan fingerprint density at radius 3 is 2.85 bits per heavy atom. The van der Waals surface area contributed by atoms with E-state index in [1.165, 1.54) is 5.56 Å². The molecule has 0 aliphatic heterocycles. The molecule has 1 unspecified atom stereocenters. The number of nitrogens with one attached hydrogen (secondary N) is 1. The Balaban J connectivity index is 2.22. The average molecular weight is 339 g/mol. The fourth-order valence-electron chi connectivity index (χ4n) is 2.18. The van der Waals surface area contributed by atoms with Crippen molar-refractivity contribution in [1.29, 1.82) is 0 Å². The summed E-state index contributed by atoms with van der Waals surface area (Å²) in [5.41, 5.74) is 1.19. The Hall–Kier alpha value is -1.40. The minimum absolute atomic E-state index is 0.187. The molecule has 2 aromatic rings. The quantitative estimate of drug-likeness (QED) is 0.879. The van der Waals surface area contributed by atoms with E-state index in [2.05, 4.69) is 50.4 Å². The van der Waals surface area contributed by atoms with Gasteiger partial charge in [0.1, 0.15) is 17.9 Å². The standard InChI is InChI=1S/C14H19BrN4O/c1-4-19-14(17-9-18-19)8-12(16-2)10-5-6-13(20-3)11(15)7-10/h5-7,9,12,16H,4,8H2,1-3H3. The molecule has 1 heterocycles. The van der Waals surface area contributed by atoms with Crippen LogP contribution in [0.2, 0.25) is 0 Å². The molecule has 0 spiro atoms. The number of ether oxygens (including phenoxy) is 1. The lowest BCUT2D eigenvalue weighted by molar-refractivity contribution is 0.411. The van der Waals surface area contributed by atoms with Gasteiger partial charge in [0.05, 0.1) is 11.6 Å². The maximum atomic E-state index is 5.26. The van der Waals surface area contributed by atoms with Crippen LogP contribution >= 0.6 is 15.9 Å². The van der Waals surface area contributed by atoms with Gasteiger partial charge < -0.3 is 10.1 Å². The van der Waals surface area contributed by atoms with Gasteiger partial charge in [0.15, 0.2) is 0 Å². The first-order valence-corrected chi connectivity index (χ1v) is 7.36. The summed E-state index contributed by atoms with van der Waals surface area (Å²) >= 11 is 3.52. The largest absolute Gasteiger partial charge is 0.496 e. The van der Waals surface area contributed by atoms with E-state index in [9.17, 15) is 0 Å². The van der Waals surface area contributed by atoms with Gasteiger partial charge in [-0.2, -0.15) is 5.10 Å². The highest BCUT2D eigenvalue weighted by molar-refractivity contribution is 9.10. The number of hydrogen-bond acceptors (Lipinski definition) is 4. The smallest absolute Gasteiger partial charge is 0.138 e. The van der Waals surface area contributed by atoms with Crippen molar-refractivity contribution in [2.75, 3.05) is 14.2 Å². The molecule has 1 aromatic heterocycles. The molecule has 20 heavy (non-hydrogen) atoms. The number of likely N-dealkylation sites (N-methyl/N-ethyl adjacent to an activating group) is 1. The SMILES string of the molecule is CCn1ncnc1CC(NC)c1ccc(OC)c(Br)c1. The average Bonchev–Trinajstić information content (AvgIpc) is 2.91. The van der Waals surface area contributed by atoms with Crippen LogP contribution in [0.1, 0.15) is 24.4 Å². The second-order valence-electron chi connectivity index (χ2n) is 4.43. The van der Waals surface area contributed by atoms with Gasteiger partial charge in [-0.05, 0) is 47.6 Å². The van der Waals surface area contributed by atoms with E-state index in [0.29, 0.717) is 0 Å². The molecule has 1 atom stereocenters. The van der Waals surface area contributed by atoms with Crippen molar-refractivity contribution in [2.24, 2.45) is 0 Å². The fraction of sp³-hybridized carbons (Fsp3) is 0.429. The maximum absolute atomic E-state index is 5.26. The molecule has 1 aromatic carbocycles. The van der Waals surface area contributed by atoms with Crippen molar-refractivity contribution in [3.8, 4) is 5.75 Å². The van der Waals surface area contributed by atoms with Crippen molar-refractivity contribution in [3.63, 3.8) is 0 Å². The van der Waals surface area contributed by atoms with Crippen molar-refractivity contribution in [1.82, 2.24) is 20.1 Å². The third kappa shape index (κ3) is 3.19. The van der Waals surface area contributed by atoms with E-state index in [1.54, 1.807) is 13.4 Å². The van der Waals surface area contributed by atoms with Gasteiger partial charge in [0, 0.05) is 19.0 Å². The summed E-state index contributed by atoms with van der Waals surface area (Å²) in [5, 5.41) is 7.54. The van der Waals surface area contributed by atoms with Crippen LogP contribution in [0.5, 0.6) is 5.75 Å². The Labute approximate surface area is 127 Å². The van der Waals surface area contributed by atoms with E-state index >= 15 is 0 Å². The van der Waals surface area contributed by atoms with Crippen molar-refractivity contribution >= 4 is 15.9 Å². The Bertz CT molecular complexity index is 570. The molecule has 0 saturated carbocycles. The summed E-state index contributed by atoms with van der Waals surface area (Å²) in [6.07, 6.45) is 2.40. The Morgan fingerprint density at radius 2 is 2.25 bits per heavy atom. The van der Waals surface area contributed by atoms with Gasteiger partial charge in [0.25, 0.3) is 0 Å². The van der Waals surface area contributed by atoms with E-state index in [4.69, 9.17) is 4.74 Å². The number of methoxy groups -OCH3 is 1. The highest BCUT2D eigenvalue weighted by Gasteiger charge is 2.15. The molecular formula is C14H19BrN4O. The van der Waals surface area contributed by atoms with Crippen LogP contribution in [0.15, 0.2) is 29.0 Å². The zero-order chi connectivity index (χ0) is 14.5. The highest BCUT2D eigenvalue weighted by atomic mass is 79.9. The number of aryl methyl sites for hydroxylation is 1. The number of benzene rings is 1. The van der Waals surface area contributed by atoms with Crippen LogP contribution in [-0.4, -0.2) is 28.9 Å². The van der Waals surface area contributed by atoms with Gasteiger partial charge in [-0.25, -0.2) is 4.98 Å². The minimum atomic E-state index is 0.187. The topological polar surface area (TPSA) is 52.0 Å². The van der Waals surface area contributed by atoms with Crippen LogP contribution in [0.4, 0.5) is 0 Å². The number of nitrogens with zero attached hydrogens (tertiary/aromatic N) is 3. The summed E-state index contributed by atoms with van der Waals surface area (Å²) in [6, 6.07) is 6.30. The minimum Gasteiger partial charge on any atom is -0.496 e. The molecule has 0 aliphatic carbocycles. The molecule has 0 saturated heterocycles. The van der Waals surface area contributed by atoms with Gasteiger partial charge in [-0.3, -0.25) is 4.68 Å². The molecular weight excluding hydrogens is 320 g/mol. The first kappa shape index (κ1) is 15.0. The second kappa shape index (κ2) is 6.85. The number of halogens is 1. The molecule has 0 radical (unpaired) electrons. The molecule has 0 bridgehead atoms. The van der Waals surface area contributed by atoms with Crippen molar-refractivity contribution in [2.45, 2.75) is 25.9 Å². The first-order valence-electron chi connectivity index (χ1n) is 6.57. The Morgan fingerprint density at radius 1 is 1.45 bits per heavy atom. The molecule has 1 N–H and O–H groups in total. The van der Waals surface area contributed by atoms with E-state index in [0.717, 1.165) is 29.0 Å². The summed E-state index contributed by atoms with van der Waals surface area (Å²) in [7, 11) is 3.62. The predicted molar refractivity (Wildman–Crippen MR) is 81.9 cm³/mol. The monoisotopic (exact) mass is 338 g/mol. The molecule has 5 nitrogen and oxygen atoms in total. The summed E-state index contributed by atoms with van der Waals surface area (Å²) in [5.74, 6) is 1.82. The van der Waals surface area contributed by atoms with E-state index in [1.807, 2.05) is 17.8 Å². The number of rotatable bonds is 6. The van der Waals surface area contributed by atoms with E-state index < -0.39 is 0 Å². The molecule has 0 amide bonds. The summed E-state index contributed by atoms with van der Waals surface area (Å²) in [4.78, 5) is 4.33. The van der Waals surface area contributed by atoms with Crippen LogP contribution in [0, 0.1) is 0 Å². The molecule has 0 aliphatic rings. The van der Waals surface area contributed by atoms with Crippen LogP contribution in [-0.2, 0) is 13.0 Å².